The van der Waals surface area contributed by atoms with E-state index in [0.29, 0.717) is 10.7 Å². The summed E-state index contributed by atoms with van der Waals surface area (Å²) in [6.07, 6.45) is 4.45. The van der Waals surface area contributed by atoms with E-state index in [1.165, 1.54) is 0 Å². The number of nitrogens with zero attached hydrogens (tertiary/aromatic N) is 3. The van der Waals surface area contributed by atoms with Crippen LogP contribution >= 0.6 is 12.2 Å². The Hall–Kier alpha value is -1.85. The van der Waals surface area contributed by atoms with Crippen LogP contribution in [0.15, 0.2) is 42.7 Å². The molecule has 0 fully saturated rings. The van der Waals surface area contributed by atoms with Crippen molar-refractivity contribution in [2.45, 2.75) is 13.0 Å². The topological polar surface area (TPSA) is 55.0 Å². The van der Waals surface area contributed by atoms with Gasteiger partial charge in [0.15, 0.2) is 0 Å². The molecule has 0 saturated carbocycles. The van der Waals surface area contributed by atoms with Crippen LogP contribution in [0.4, 0.5) is 0 Å². The van der Waals surface area contributed by atoms with Crippen LogP contribution in [-0.4, -0.2) is 33.4 Å². The first-order valence-electron chi connectivity index (χ1n) is 6.49. The zero-order valence-corrected chi connectivity index (χ0v) is 12.3. The van der Waals surface area contributed by atoms with Crippen molar-refractivity contribution in [2.24, 2.45) is 5.73 Å². The summed E-state index contributed by atoms with van der Waals surface area (Å²) >= 11 is 5.03. The molecular weight excluding hydrogens is 268 g/mol. The lowest BCUT2D eigenvalue weighted by Crippen LogP contribution is -2.24. The van der Waals surface area contributed by atoms with Crippen molar-refractivity contribution in [1.29, 1.82) is 0 Å². The Labute approximate surface area is 124 Å². The van der Waals surface area contributed by atoms with Crippen molar-refractivity contribution in [2.75, 3.05) is 13.6 Å². The van der Waals surface area contributed by atoms with Gasteiger partial charge in [0.1, 0.15) is 10.7 Å². The van der Waals surface area contributed by atoms with E-state index in [-0.39, 0.29) is 0 Å². The fourth-order valence-corrected chi connectivity index (χ4v) is 2.19. The molecular formula is C15H18N4S. The van der Waals surface area contributed by atoms with Crippen LogP contribution in [0.25, 0.3) is 0 Å². The van der Waals surface area contributed by atoms with Crippen LogP contribution in [0.5, 0.6) is 0 Å². The number of nitrogens with two attached hydrogens (primary N) is 1. The third-order valence-corrected chi connectivity index (χ3v) is 3.23. The summed E-state index contributed by atoms with van der Waals surface area (Å²) in [5.41, 5.74) is 8.57. The van der Waals surface area contributed by atoms with E-state index in [1.807, 2.05) is 36.5 Å². The molecule has 4 nitrogen and oxygen atoms in total. The SMILES string of the molecule is CN(CCc1ccccn1)Cc1cccnc1C(N)=S. The van der Waals surface area contributed by atoms with Crippen molar-refractivity contribution < 1.29 is 0 Å². The van der Waals surface area contributed by atoms with Crippen LogP contribution in [0.1, 0.15) is 17.0 Å². The van der Waals surface area contributed by atoms with Gasteiger partial charge in [-0.1, -0.05) is 24.4 Å². The summed E-state index contributed by atoms with van der Waals surface area (Å²) in [5.74, 6) is 0. The lowest BCUT2D eigenvalue weighted by atomic mass is 10.1. The first-order chi connectivity index (χ1) is 9.66. The Balaban J connectivity index is 1.95. The molecule has 2 aromatic heterocycles. The van der Waals surface area contributed by atoms with Gasteiger partial charge in [-0.05, 0) is 30.8 Å². The molecule has 2 aromatic rings. The molecule has 2 N–H and O–H groups in total. The number of aromatic nitrogens is 2. The molecule has 0 unspecified atom stereocenters. The molecule has 0 spiro atoms. The van der Waals surface area contributed by atoms with Gasteiger partial charge in [-0.3, -0.25) is 9.97 Å². The van der Waals surface area contributed by atoms with Crippen molar-refractivity contribution >= 4 is 17.2 Å². The van der Waals surface area contributed by atoms with Crippen LogP contribution in [0.2, 0.25) is 0 Å². The molecule has 0 saturated heterocycles. The molecule has 0 aliphatic carbocycles. The lowest BCUT2D eigenvalue weighted by Gasteiger charge is -2.17. The highest BCUT2D eigenvalue weighted by Crippen LogP contribution is 2.08. The van der Waals surface area contributed by atoms with Gasteiger partial charge in [-0.2, -0.15) is 0 Å². The Bertz CT molecular complexity index is 571. The highest BCUT2D eigenvalue weighted by Gasteiger charge is 2.08. The fraction of sp³-hybridized carbons (Fsp3) is 0.267. The van der Waals surface area contributed by atoms with Crippen LogP contribution in [0.3, 0.4) is 0 Å². The highest BCUT2D eigenvalue weighted by molar-refractivity contribution is 7.80. The monoisotopic (exact) mass is 286 g/mol. The largest absolute Gasteiger partial charge is 0.388 e. The van der Waals surface area contributed by atoms with E-state index in [0.717, 1.165) is 30.8 Å². The van der Waals surface area contributed by atoms with E-state index >= 15 is 0 Å². The standard InChI is InChI=1S/C15H18N4S/c1-19(10-7-13-6-2-3-8-17-13)11-12-5-4-9-18-14(12)15(16)20/h2-6,8-9H,7,10-11H2,1H3,(H2,16,20). The average molecular weight is 286 g/mol. The summed E-state index contributed by atoms with van der Waals surface area (Å²) in [6, 6.07) is 9.90. The molecule has 0 radical (unpaired) electrons. The van der Waals surface area contributed by atoms with Crippen LogP contribution < -0.4 is 5.73 Å². The number of likely N-dealkylation sites (N-methyl/N-ethyl adjacent to an activating group) is 1. The number of pyridine rings is 2. The normalized spacial score (nSPS) is 10.7. The molecule has 0 amide bonds. The quantitative estimate of drug-likeness (QED) is 0.820. The van der Waals surface area contributed by atoms with Gasteiger partial charge in [-0.15, -0.1) is 0 Å². The van der Waals surface area contributed by atoms with Crippen molar-refractivity contribution in [1.82, 2.24) is 14.9 Å². The third kappa shape index (κ3) is 4.08. The minimum atomic E-state index is 0.346. The summed E-state index contributed by atoms with van der Waals surface area (Å²) in [4.78, 5) is 11.1. The zero-order chi connectivity index (χ0) is 14.4. The maximum absolute atomic E-state index is 5.70. The van der Waals surface area contributed by atoms with E-state index in [1.54, 1.807) is 6.20 Å². The van der Waals surface area contributed by atoms with Crippen molar-refractivity contribution in [3.63, 3.8) is 0 Å². The predicted molar refractivity (Wildman–Crippen MR) is 84.4 cm³/mol. The maximum Gasteiger partial charge on any atom is 0.123 e. The van der Waals surface area contributed by atoms with Crippen LogP contribution in [0, 0.1) is 0 Å². The molecule has 2 rings (SSSR count). The van der Waals surface area contributed by atoms with Gasteiger partial charge in [0.2, 0.25) is 0 Å². The van der Waals surface area contributed by atoms with E-state index in [9.17, 15) is 0 Å². The van der Waals surface area contributed by atoms with Crippen LogP contribution in [-0.2, 0) is 13.0 Å². The lowest BCUT2D eigenvalue weighted by molar-refractivity contribution is 0.329. The Morgan fingerprint density at radius 2 is 2.00 bits per heavy atom. The number of hydrogen-bond donors (Lipinski definition) is 1. The number of hydrogen-bond acceptors (Lipinski definition) is 4. The molecule has 0 atom stereocenters. The van der Waals surface area contributed by atoms with E-state index in [2.05, 4.69) is 21.9 Å². The summed E-state index contributed by atoms with van der Waals surface area (Å²) in [6.45, 7) is 1.69. The number of thiocarbonyl (C=S) groups is 1. The fourth-order valence-electron chi connectivity index (χ4n) is 2.01. The Morgan fingerprint density at radius 3 is 2.70 bits per heavy atom. The summed E-state index contributed by atoms with van der Waals surface area (Å²) < 4.78 is 0. The molecule has 20 heavy (non-hydrogen) atoms. The minimum absolute atomic E-state index is 0.346. The van der Waals surface area contributed by atoms with Gasteiger partial charge in [0.05, 0.1) is 0 Å². The van der Waals surface area contributed by atoms with E-state index < -0.39 is 0 Å². The highest BCUT2D eigenvalue weighted by atomic mass is 32.1. The Kier molecular flexibility index (Phi) is 5.15. The minimum Gasteiger partial charge on any atom is -0.388 e. The second-order valence-corrected chi connectivity index (χ2v) is 5.12. The molecule has 2 heterocycles. The average Bonchev–Trinajstić information content (AvgIpc) is 2.46. The first-order valence-corrected chi connectivity index (χ1v) is 6.90. The number of rotatable bonds is 6. The molecule has 104 valence electrons. The maximum atomic E-state index is 5.70. The second-order valence-electron chi connectivity index (χ2n) is 4.68. The predicted octanol–water partition coefficient (Wildman–Crippen LogP) is 1.79. The second kappa shape index (κ2) is 7.07. The van der Waals surface area contributed by atoms with Gasteiger partial charge >= 0.3 is 0 Å². The summed E-state index contributed by atoms with van der Waals surface area (Å²) in [7, 11) is 2.07. The Morgan fingerprint density at radius 1 is 1.20 bits per heavy atom. The molecule has 0 aliphatic rings. The van der Waals surface area contributed by atoms with E-state index in [4.69, 9.17) is 18.0 Å². The third-order valence-electron chi connectivity index (χ3n) is 3.04. The first kappa shape index (κ1) is 14.6. The zero-order valence-electron chi connectivity index (χ0n) is 11.5. The van der Waals surface area contributed by atoms with Gasteiger partial charge in [0, 0.05) is 37.6 Å². The van der Waals surface area contributed by atoms with Gasteiger partial charge in [0.25, 0.3) is 0 Å². The molecule has 0 bridgehead atoms. The van der Waals surface area contributed by atoms with Crippen molar-refractivity contribution in [3.05, 3.63) is 59.7 Å². The van der Waals surface area contributed by atoms with Crippen molar-refractivity contribution in [3.8, 4) is 0 Å². The molecule has 0 aromatic carbocycles. The smallest absolute Gasteiger partial charge is 0.123 e. The summed E-state index contributed by atoms with van der Waals surface area (Å²) in [5, 5.41) is 0. The van der Waals surface area contributed by atoms with Gasteiger partial charge < -0.3 is 10.6 Å². The van der Waals surface area contributed by atoms with Gasteiger partial charge in [-0.25, -0.2) is 0 Å². The molecule has 5 heteroatoms. The molecule has 0 aliphatic heterocycles.